The van der Waals surface area contributed by atoms with Crippen molar-refractivity contribution in [3.8, 4) is 0 Å². The van der Waals surface area contributed by atoms with Crippen LogP contribution in [0.15, 0.2) is 0 Å². The van der Waals surface area contributed by atoms with Crippen molar-refractivity contribution < 1.29 is 4.74 Å². The molecule has 0 rings (SSSR count). The lowest BCUT2D eigenvalue weighted by Crippen LogP contribution is -2.26. The summed E-state index contributed by atoms with van der Waals surface area (Å²) in [4.78, 5) is 0. The normalized spacial score (nSPS) is 10.5. The predicted octanol–water partition coefficient (Wildman–Crippen LogP) is -0.125. The van der Waals surface area contributed by atoms with Gasteiger partial charge < -0.3 is 10.5 Å². The molecule has 0 aromatic carbocycles. The van der Waals surface area contributed by atoms with Gasteiger partial charge >= 0.3 is 0 Å². The quantitative estimate of drug-likeness (QED) is 0.399. The molecule has 0 spiro atoms. The van der Waals surface area contributed by atoms with E-state index in [9.17, 15) is 0 Å². The van der Waals surface area contributed by atoms with Crippen LogP contribution in [0.4, 0.5) is 0 Å². The van der Waals surface area contributed by atoms with E-state index in [-0.39, 0.29) is 0 Å². The summed E-state index contributed by atoms with van der Waals surface area (Å²) in [5.41, 5.74) is 5.05. The summed E-state index contributed by atoms with van der Waals surface area (Å²) in [7, 11) is 0. The Morgan fingerprint density at radius 3 is 2.62 bits per heavy atom. The van der Waals surface area contributed by atoms with Crippen LogP contribution in [0, 0.1) is 0 Å². The average molecular weight is 118 g/mol. The molecule has 0 radical (unpaired) electrons. The number of hydrogen-bond donors (Lipinski definition) is 2. The van der Waals surface area contributed by atoms with Crippen LogP contribution >= 0.6 is 0 Å². The first-order chi connectivity index (χ1) is 3.77. The molecule has 0 amide bonds. The summed E-state index contributed by atoms with van der Waals surface area (Å²) >= 11 is 0. The van der Waals surface area contributed by atoms with Gasteiger partial charge in [-0.15, -0.1) is 0 Å². The zero-order valence-corrected chi connectivity index (χ0v) is 5.48. The van der Waals surface area contributed by atoms with E-state index in [1.807, 2.05) is 0 Å². The van der Waals surface area contributed by atoms with E-state index in [0.717, 1.165) is 0 Å². The molecule has 0 aromatic rings. The smallest absolute Gasteiger partial charge is 0.0984 e. The maximum atomic E-state index is 5.05. The predicted molar refractivity (Wildman–Crippen MR) is 33.3 cm³/mol. The largest absolute Gasteiger partial charge is 0.351 e. The zero-order valence-electron chi connectivity index (χ0n) is 5.48. The van der Waals surface area contributed by atoms with Crippen molar-refractivity contribution in [2.24, 2.45) is 5.73 Å². The van der Waals surface area contributed by atoms with Gasteiger partial charge in [0.15, 0.2) is 0 Å². The molecule has 3 heteroatoms. The van der Waals surface area contributed by atoms with Crippen LogP contribution in [0.25, 0.3) is 0 Å². The fraction of sp³-hybridized carbons (Fsp3) is 1.00. The summed E-state index contributed by atoms with van der Waals surface area (Å²) in [6, 6.07) is 0.474. The maximum Gasteiger partial charge on any atom is 0.0984 e. The van der Waals surface area contributed by atoms with Crippen LogP contribution in [0.1, 0.15) is 13.8 Å². The molecule has 50 valence electrons. The van der Waals surface area contributed by atoms with Crippen LogP contribution in [-0.2, 0) is 4.74 Å². The van der Waals surface area contributed by atoms with E-state index >= 15 is 0 Å². The van der Waals surface area contributed by atoms with Gasteiger partial charge in [-0.2, -0.15) is 0 Å². The maximum absolute atomic E-state index is 5.05. The molecule has 0 saturated carbocycles. The van der Waals surface area contributed by atoms with Crippen molar-refractivity contribution in [1.29, 1.82) is 0 Å². The van der Waals surface area contributed by atoms with Gasteiger partial charge in [-0.05, 0) is 13.8 Å². The molecule has 8 heavy (non-hydrogen) atoms. The number of ether oxygens (including phenoxy) is 1. The van der Waals surface area contributed by atoms with Crippen molar-refractivity contribution in [3.63, 3.8) is 0 Å². The van der Waals surface area contributed by atoms with Gasteiger partial charge in [0.1, 0.15) is 0 Å². The first-order valence-corrected chi connectivity index (χ1v) is 2.78. The van der Waals surface area contributed by atoms with Gasteiger partial charge in [0.05, 0.1) is 13.5 Å². The Hall–Kier alpha value is -0.120. The highest BCUT2D eigenvalue weighted by atomic mass is 16.5. The first kappa shape index (κ1) is 7.88. The number of nitrogens with one attached hydrogen (secondary N) is 1. The molecule has 3 N–H and O–H groups in total. The Labute approximate surface area is 50.2 Å². The van der Waals surface area contributed by atoms with E-state index in [1.165, 1.54) is 0 Å². The molecule has 0 aliphatic carbocycles. The minimum atomic E-state index is 0.291. The molecule has 3 nitrogen and oxygen atoms in total. The van der Waals surface area contributed by atoms with E-state index < -0.39 is 0 Å². The van der Waals surface area contributed by atoms with Crippen LogP contribution in [0.3, 0.4) is 0 Å². The standard InChI is InChI=1S/C5H14N2O/c1-5(2)7-4-8-3-6/h5,7H,3-4,6H2,1-2H3. The lowest BCUT2D eigenvalue weighted by atomic mass is 10.4. The van der Waals surface area contributed by atoms with Crippen LogP contribution in [-0.4, -0.2) is 19.5 Å². The van der Waals surface area contributed by atoms with Crippen LogP contribution < -0.4 is 11.1 Å². The minimum absolute atomic E-state index is 0.291. The van der Waals surface area contributed by atoms with Gasteiger partial charge in [-0.1, -0.05) is 0 Å². The zero-order chi connectivity index (χ0) is 6.41. The summed E-state index contributed by atoms with van der Waals surface area (Å²) in [5.74, 6) is 0. The monoisotopic (exact) mass is 118 g/mol. The molecule has 0 aliphatic heterocycles. The van der Waals surface area contributed by atoms with Crippen molar-refractivity contribution in [1.82, 2.24) is 5.32 Å². The van der Waals surface area contributed by atoms with E-state index in [2.05, 4.69) is 19.2 Å². The Balaban J connectivity index is 2.72. The molecule has 0 unspecified atom stereocenters. The molecule has 0 fully saturated rings. The molecule has 0 bridgehead atoms. The summed E-state index contributed by atoms with van der Waals surface area (Å²) < 4.78 is 4.81. The van der Waals surface area contributed by atoms with Gasteiger partial charge in [0.25, 0.3) is 0 Å². The molecule has 0 atom stereocenters. The van der Waals surface area contributed by atoms with Gasteiger partial charge in [0, 0.05) is 6.04 Å². The topological polar surface area (TPSA) is 47.3 Å². The number of hydrogen-bond acceptors (Lipinski definition) is 3. The first-order valence-electron chi connectivity index (χ1n) is 2.78. The highest BCUT2D eigenvalue weighted by Gasteiger charge is 1.87. The Morgan fingerprint density at radius 2 is 2.25 bits per heavy atom. The number of rotatable bonds is 4. The second-order valence-electron chi connectivity index (χ2n) is 1.87. The Kier molecular flexibility index (Phi) is 4.95. The highest BCUT2D eigenvalue weighted by molar-refractivity contribution is 4.44. The van der Waals surface area contributed by atoms with Gasteiger partial charge in [-0.25, -0.2) is 0 Å². The number of nitrogens with two attached hydrogens (primary N) is 1. The lowest BCUT2D eigenvalue weighted by molar-refractivity contribution is 0.117. The third-order valence-electron chi connectivity index (χ3n) is 0.711. The van der Waals surface area contributed by atoms with E-state index in [4.69, 9.17) is 10.5 Å². The van der Waals surface area contributed by atoms with Crippen molar-refractivity contribution in [2.45, 2.75) is 19.9 Å². The molecular formula is C5H14N2O. The molecule has 0 aliphatic rings. The summed E-state index contributed by atoms with van der Waals surface area (Å²) in [6.07, 6.45) is 0. The second kappa shape index (κ2) is 5.03. The lowest BCUT2D eigenvalue weighted by Gasteiger charge is -2.05. The summed E-state index contributed by atoms with van der Waals surface area (Å²) in [5, 5.41) is 3.04. The van der Waals surface area contributed by atoms with Crippen LogP contribution in [0.2, 0.25) is 0 Å². The van der Waals surface area contributed by atoms with Gasteiger partial charge in [-0.3, -0.25) is 5.32 Å². The van der Waals surface area contributed by atoms with Crippen molar-refractivity contribution in [3.05, 3.63) is 0 Å². The molecule has 0 saturated heterocycles. The fourth-order valence-corrected chi connectivity index (χ4v) is 0.285. The highest BCUT2D eigenvalue weighted by Crippen LogP contribution is 1.73. The molecule has 0 heterocycles. The van der Waals surface area contributed by atoms with Crippen molar-refractivity contribution >= 4 is 0 Å². The average Bonchev–Trinajstić information content (AvgIpc) is 1.66. The SMILES string of the molecule is CC(C)NCOCN. The van der Waals surface area contributed by atoms with Crippen molar-refractivity contribution in [2.75, 3.05) is 13.5 Å². The Bertz CT molecular complexity index is 47.7. The Morgan fingerprint density at radius 1 is 1.62 bits per heavy atom. The summed E-state index contributed by atoms with van der Waals surface area (Å²) in [6.45, 7) is 4.95. The fourth-order valence-electron chi connectivity index (χ4n) is 0.285. The van der Waals surface area contributed by atoms with E-state index in [0.29, 0.717) is 19.5 Å². The van der Waals surface area contributed by atoms with E-state index in [1.54, 1.807) is 0 Å². The second-order valence-corrected chi connectivity index (χ2v) is 1.87. The van der Waals surface area contributed by atoms with Crippen LogP contribution in [0.5, 0.6) is 0 Å². The third kappa shape index (κ3) is 5.88. The molecule has 0 aromatic heterocycles. The van der Waals surface area contributed by atoms with Gasteiger partial charge in [0.2, 0.25) is 0 Å². The minimum Gasteiger partial charge on any atom is -0.351 e. The molecular weight excluding hydrogens is 104 g/mol. The third-order valence-corrected chi connectivity index (χ3v) is 0.711.